The minimum absolute atomic E-state index is 0.0935. The Morgan fingerprint density at radius 3 is 2.13 bits per heavy atom. The minimum Gasteiger partial charge on any atom is -0.497 e. The molecule has 8 heteroatoms. The molecule has 0 aliphatic heterocycles. The highest BCUT2D eigenvalue weighted by Gasteiger charge is 2.38. The summed E-state index contributed by atoms with van der Waals surface area (Å²) in [7, 11) is 1.57. The highest BCUT2D eigenvalue weighted by atomic mass is 16.6. The Balaban J connectivity index is 2.58. The molecule has 3 atom stereocenters. The van der Waals surface area contributed by atoms with Crippen molar-refractivity contribution in [3.05, 3.63) is 71.8 Å². The first-order valence-corrected chi connectivity index (χ1v) is 13.2. The van der Waals surface area contributed by atoms with Gasteiger partial charge in [-0.2, -0.15) is 0 Å². The van der Waals surface area contributed by atoms with Crippen LogP contribution >= 0.6 is 0 Å². The van der Waals surface area contributed by atoms with Crippen LogP contribution in [0.25, 0.3) is 0 Å². The lowest BCUT2D eigenvalue weighted by atomic mass is 9.92. The van der Waals surface area contributed by atoms with Crippen molar-refractivity contribution in [1.29, 1.82) is 0 Å². The topological polar surface area (TPSA) is 97.0 Å². The lowest BCUT2D eigenvalue weighted by Gasteiger charge is -2.36. The van der Waals surface area contributed by atoms with Gasteiger partial charge < -0.3 is 25.0 Å². The van der Waals surface area contributed by atoms with Crippen molar-refractivity contribution < 1.29 is 23.9 Å². The second-order valence-corrected chi connectivity index (χ2v) is 10.7. The normalized spacial score (nSPS) is 13.4. The van der Waals surface area contributed by atoms with E-state index in [0.717, 1.165) is 16.7 Å². The summed E-state index contributed by atoms with van der Waals surface area (Å²) in [6.45, 7) is 16.9. The maximum Gasteiger partial charge on any atom is 0.408 e. The van der Waals surface area contributed by atoms with Crippen LogP contribution in [0.5, 0.6) is 5.75 Å². The number of hydrogen-bond acceptors (Lipinski definition) is 5. The fourth-order valence-corrected chi connectivity index (χ4v) is 4.33. The predicted octanol–water partition coefficient (Wildman–Crippen LogP) is 5.95. The quantitative estimate of drug-likeness (QED) is 0.346. The third-order valence-corrected chi connectivity index (χ3v) is 6.49. The molecular formula is C31H43N3O5. The summed E-state index contributed by atoms with van der Waals surface area (Å²) in [6, 6.07) is 10.8. The first-order chi connectivity index (χ1) is 18.3. The van der Waals surface area contributed by atoms with Crippen LogP contribution in [-0.2, 0) is 14.3 Å². The smallest absolute Gasteiger partial charge is 0.408 e. The monoisotopic (exact) mass is 537 g/mol. The van der Waals surface area contributed by atoms with Gasteiger partial charge in [-0.1, -0.05) is 44.5 Å². The molecule has 2 rings (SSSR count). The summed E-state index contributed by atoms with van der Waals surface area (Å²) >= 11 is 0. The first kappa shape index (κ1) is 31.4. The van der Waals surface area contributed by atoms with Gasteiger partial charge in [-0.25, -0.2) is 4.79 Å². The van der Waals surface area contributed by atoms with Crippen molar-refractivity contribution in [1.82, 2.24) is 10.2 Å². The molecule has 212 valence electrons. The van der Waals surface area contributed by atoms with Crippen molar-refractivity contribution in [3.63, 3.8) is 0 Å². The summed E-state index contributed by atoms with van der Waals surface area (Å²) in [6.07, 6.45) is 1.52. The molecule has 2 aromatic carbocycles. The molecule has 0 radical (unpaired) electrons. The maximum absolute atomic E-state index is 14.2. The average Bonchev–Trinajstić information content (AvgIpc) is 2.87. The van der Waals surface area contributed by atoms with E-state index >= 15 is 0 Å². The number of aryl methyl sites for hydroxylation is 2. The molecule has 0 aromatic heterocycles. The number of nitrogens with zero attached hydrogens (tertiary/aromatic N) is 1. The summed E-state index contributed by atoms with van der Waals surface area (Å²) in [5.74, 6) is -0.339. The van der Waals surface area contributed by atoms with Crippen LogP contribution in [0.15, 0.2) is 55.1 Å². The standard InChI is InChI=1S/C31H43N3O5/c1-10-19-34(29(36)26(20(3)11-2)33-30(37)39-31(6,7)8)27(25-21(4)13-12-14-22(25)5)28(35)32-23-15-17-24(38-9)18-16-23/h10,12-18,20,26-27H,1,11,19H2,2-9H3,(H,32,35)(H,33,37). The maximum atomic E-state index is 14.2. The molecule has 0 aliphatic rings. The molecule has 3 unspecified atom stereocenters. The second kappa shape index (κ2) is 13.8. The molecule has 8 nitrogen and oxygen atoms in total. The van der Waals surface area contributed by atoms with Gasteiger partial charge in [-0.05, 0) is 81.5 Å². The van der Waals surface area contributed by atoms with E-state index in [0.29, 0.717) is 17.9 Å². The molecule has 0 bridgehead atoms. The Kier molecular flexibility index (Phi) is 11.1. The van der Waals surface area contributed by atoms with Gasteiger partial charge in [0.1, 0.15) is 23.4 Å². The lowest BCUT2D eigenvalue weighted by Crippen LogP contribution is -2.55. The van der Waals surface area contributed by atoms with Crippen LogP contribution in [0.4, 0.5) is 10.5 Å². The molecule has 2 aromatic rings. The fraction of sp³-hybridized carbons (Fsp3) is 0.452. The zero-order valence-corrected chi connectivity index (χ0v) is 24.5. The van der Waals surface area contributed by atoms with Crippen LogP contribution in [0.3, 0.4) is 0 Å². The average molecular weight is 538 g/mol. The molecular weight excluding hydrogens is 494 g/mol. The number of alkyl carbamates (subject to hydrolysis) is 1. The number of carbonyl (C=O) groups is 3. The van der Waals surface area contributed by atoms with E-state index in [9.17, 15) is 14.4 Å². The number of ether oxygens (including phenoxy) is 2. The highest BCUT2D eigenvalue weighted by Crippen LogP contribution is 2.31. The number of carbonyl (C=O) groups excluding carboxylic acids is 3. The highest BCUT2D eigenvalue weighted by molar-refractivity contribution is 5.99. The van der Waals surface area contributed by atoms with Crippen molar-refractivity contribution in [2.24, 2.45) is 5.92 Å². The van der Waals surface area contributed by atoms with E-state index in [1.54, 1.807) is 58.2 Å². The second-order valence-electron chi connectivity index (χ2n) is 10.7. The number of benzene rings is 2. The number of nitrogens with one attached hydrogen (secondary N) is 2. The lowest BCUT2D eigenvalue weighted by molar-refractivity contribution is -0.141. The summed E-state index contributed by atoms with van der Waals surface area (Å²) < 4.78 is 10.7. The van der Waals surface area contributed by atoms with Gasteiger partial charge in [0.15, 0.2) is 0 Å². The van der Waals surface area contributed by atoms with E-state index in [2.05, 4.69) is 17.2 Å². The fourth-order valence-electron chi connectivity index (χ4n) is 4.33. The number of amides is 3. The van der Waals surface area contributed by atoms with Gasteiger partial charge in [0.2, 0.25) is 5.91 Å². The van der Waals surface area contributed by atoms with Crippen LogP contribution in [0.2, 0.25) is 0 Å². The Bertz CT molecular complexity index is 1130. The Labute approximate surface area is 232 Å². The number of anilines is 1. The Hall–Kier alpha value is -3.81. The molecule has 2 N–H and O–H groups in total. The largest absolute Gasteiger partial charge is 0.497 e. The van der Waals surface area contributed by atoms with Gasteiger partial charge >= 0.3 is 6.09 Å². The molecule has 3 amide bonds. The van der Waals surface area contributed by atoms with E-state index in [1.807, 2.05) is 45.9 Å². The van der Waals surface area contributed by atoms with Crippen molar-refractivity contribution in [2.75, 3.05) is 19.0 Å². The Morgan fingerprint density at radius 1 is 1.05 bits per heavy atom. The van der Waals surface area contributed by atoms with Crippen LogP contribution in [0.1, 0.15) is 63.8 Å². The number of hydrogen-bond donors (Lipinski definition) is 2. The molecule has 0 spiro atoms. The SMILES string of the molecule is C=CCN(C(=O)C(NC(=O)OC(C)(C)C)C(C)CC)C(C(=O)Nc1ccc(OC)cc1)c1c(C)cccc1C. The van der Waals surface area contributed by atoms with E-state index in [1.165, 1.54) is 4.90 Å². The van der Waals surface area contributed by atoms with Gasteiger partial charge in [0, 0.05) is 12.2 Å². The number of rotatable bonds is 11. The van der Waals surface area contributed by atoms with Gasteiger partial charge in [-0.3, -0.25) is 9.59 Å². The predicted molar refractivity (Wildman–Crippen MR) is 155 cm³/mol. The van der Waals surface area contributed by atoms with E-state index in [-0.39, 0.29) is 18.4 Å². The zero-order chi connectivity index (χ0) is 29.3. The third-order valence-electron chi connectivity index (χ3n) is 6.49. The van der Waals surface area contributed by atoms with Crippen molar-refractivity contribution in [3.8, 4) is 5.75 Å². The molecule has 0 saturated heterocycles. The molecule has 0 heterocycles. The van der Waals surface area contributed by atoms with Crippen molar-refractivity contribution >= 4 is 23.6 Å². The third kappa shape index (κ3) is 8.60. The van der Waals surface area contributed by atoms with E-state index in [4.69, 9.17) is 9.47 Å². The van der Waals surface area contributed by atoms with Crippen molar-refractivity contribution in [2.45, 2.75) is 72.6 Å². The molecule has 0 fully saturated rings. The summed E-state index contributed by atoms with van der Waals surface area (Å²) in [4.78, 5) is 42.4. The van der Waals surface area contributed by atoms with Gasteiger partial charge in [0.25, 0.3) is 5.91 Å². The molecule has 0 aliphatic carbocycles. The summed E-state index contributed by atoms with van der Waals surface area (Å²) in [5.41, 5.74) is 2.29. The van der Waals surface area contributed by atoms with Crippen LogP contribution < -0.4 is 15.4 Å². The van der Waals surface area contributed by atoms with Crippen LogP contribution in [-0.4, -0.2) is 48.1 Å². The molecule has 0 saturated carbocycles. The zero-order valence-electron chi connectivity index (χ0n) is 24.5. The Morgan fingerprint density at radius 2 is 1.64 bits per heavy atom. The van der Waals surface area contributed by atoms with Gasteiger partial charge in [-0.15, -0.1) is 6.58 Å². The van der Waals surface area contributed by atoms with Gasteiger partial charge in [0.05, 0.1) is 7.11 Å². The molecule has 39 heavy (non-hydrogen) atoms. The summed E-state index contributed by atoms with van der Waals surface area (Å²) in [5, 5.41) is 5.73. The first-order valence-electron chi connectivity index (χ1n) is 13.2. The minimum atomic E-state index is -0.981. The number of methoxy groups -OCH3 is 1. The van der Waals surface area contributed by atoms with E-state index < -0.39 is 29.7 Å². The van der Waals surface area contributed by atoms with Crippen LogP contribution in [0, 0.1) is 19.8 Å².